The molecule has 2 heterocycles. The summed E-state index contributed by atoms with van der Waals surface area (Å²) in [4.78, 5) is 37.9. The van der Waals surface area contributed by atoms with Crippen LogP contribution in [0.15, 0.2) is 28.6 Å². The molecule has 0 aliphatic heterocycles. The summed E-state index contributed by atoms with van der Waals surface area (Å²) in [6.45, 7) is 1.48. The second-order valence-corrected chi connectivity index (χ2v) is 4.89. The first-order valence-corrected chi connectivity index (χ1v) is 6.49. The van der Waals surface area contributed by atoms with Crippen LogP contribution in [-0.2, 0) is 11.3 Å². The Labute approximate surface area is 117 Å². The first-order valence-electron chi connectivity index (χ1n) is 5.61. The van der Waals surface area contributed by atoms with Crippen LogP contribution in [0, 0.1) is 6.92 Å². The van der Waals surface area contributed by atoms with Crippen molar-refractivity contribution in [2.45, 2.75) is 13.5 Å². The van der Waals surface area contributed by atoms with Gasteiger partial charge >= 0.3 is 11.7 Å². The van der Waals surface area contributed by atoms with Crippen LogP contribution >= 0.6 is 11.3 Å². The van der Waals surface area contributed by atoms with Gasteiger partial charge in [-0.05, 0) is 23.9 Å². The molecule has 0 aromatic carbocycles. The lowest BCUT2D eigenvalue weighted by atomic mass is 10.2. The second-order valence-electron chi connectivity index (χ2n) is 4.01. The number of amides is 1. The summed E-state index contributed by atoms with van der Waals surface area (Å²) in [7, 11) is 0. The van der Waals surface area contributed by atoms with Gasteiger partial charge in [0, 0.05) is 12.4 Å². The molecular weight excluding hydrogens is 282 g/mol. The van der Waals surface area contributed by atoms with Crippen LogP contribution in [0.4, 0.5) is 5.69 Å². The number of nitrogens with one attached hydrogen (secondary N) is 1. The van der Waals surface area contributed by atoms with E-state index in [1.165, 1.54) is 18.5 Å². The van der Waals surface area contributed by atoms with Crippen molar-refractivity contribution in [3.8, 4) is 0 Å². The number of carbonyl (C=O) groups excluding carboxylic acids is 1. The van der Waals surface area contributed by atoms with E-state index in [1.54, 1.807) is 12.3 Å². The van der Waals surface area contributed by atoms with E-state index in [0.29, 0.717) is 5.56 Å². The number of carbonyl (C=O) groups is 2. The first kappa shape index (κ1) is 13.9. The average molecular weight is 293 g/mol. The van der Waals surface area contributed by atoms with Crippen LogP contribution < -0.4 is 11.0 Å². The van der Waals surface area contributed by atoms with Gasteiger partial charge in [0.05, 0.1) is 5.69 Å². The fourth-order valence-electron chi connectivity index (χ4n) is 1.60. The number of aryl methyl sites for hydroxylation is 1. The number of carboxylic acid groups (broad SMARTS) is 1. The average Bonchev–Trinajstić information content (AvgIpc) is 2.74. The number of aromatic nitrogens is 2. The normalized spacial score (nSPS) is 10.2. The molecule has 2 aromatic rings. The van der Waals surface area contributed by atoms with Crippen LogP contribution in [0.3, 0.4) is 0 Å². The van der Waals surface area contributed by atoms with E-state index < -0.39 is 17.6 Å². The minimum absolute atomic E-state index is 0.0642. The molecule has 8 heteroatoms. The Kier molecular flexibility index (Phi) is 3.94. The lowest BCUT2D eigenvalue weighted by Gasteiger charge is -2.07. The SMILES string of the molecule is Cc1csc(C(=O)O)c1NC(=O)Cn1cccnc1=O. The van der Waals surface area contributed by atoms with Crippen LogP contribution in [0.5, 0.6) is 0 Å². The van der Waals surface area contributed by atoms with Gasteiger partial charge < -0.3 is 10.4 Å². The number of nitrogens with zero attached hydrogens (tertiary/aromatic N) is 2. The quantitative estimate of drug-likeness (QED) is 0.874. The van der Waals surface area contributed by atoms with E-state index in [2.05, 4.69) is 10.3 Å². The third-order valence-electron chi connectivity index (χ3n) is 2.53. The molecule has 7 nitrogen and oxygen atoms in total. The Morgan fingerprint density at radius 1 is 1.50 bits per heavy atom. The zero-order chi connectivity index (χ0) is 14.7. The van der Waals surface area contributed by atoms with Crippen molar-refractivity contribution in [2.24, 2.45) is 0 Å². The lowest BCUT2D eigenvalue weighted by molar-refractivity contribution is -0.116. The maximum Gasteiger partial charge on any atom is 0.348 e. The van der Waals surface area contributed by atoms with E-state index in [0.717, 1.165) is 15.9 Å². The Balaban J connectivity index is 2.17. The number of aromatic carboxylic acids is 1. The van der Waals surface area contributed by atoms with Crippen molar-refractivity contribution in [3.63, 3.8) is 0 Å². The molecule has 20 heavy (non-hydrogen) atoms. The van der Waals surface area contributed by atoms with Gasteiger partial charge in [-0.25, -0.2) is 14.6 Å². The smallest absolute Gasteiger partial charge is 0.348 e. The van der Waals surface area contributed by atoms with Crippen molar-refractivity contribution in [1.82, 2.24) is 9.55 Å². The largest absolute Gasteiger partial charge is 0.477 e. The lowest BCUT2D eigenvalue weighted by Crippen LogP contribution is -2.28. The van der Waals surface area contributed by atoms with Crippen molar-refractivity contribution < 1.29 is 14.7 Å². The third-order valence-corrected chi connectivity index (χ3v) is 3.62. The highest BCUT2D eigenvalue weighted by molar-refractivity contribution is 7.12. The molecule has 1 amide bonds. The number of hydrogen-bond acceptors (Lipinski definition) is 5. The monoisotopic (exact) mass is 293 g/mol. The highest BCUT2D eigenvalue weighted by atomic mass is 32.1. The maximum atomic E-state index is 11.9. The molecule has 0 saturated heterocycles. The summed E-state index contributed by atoms with van der Waals surface area (Å²) in [6.07, 6.45) is 2.77. The molecule has 0 fully saturated rings. The summed E-state index contributed by atoms with van der Waals surface area (Å²) in [5, 5.41) is 13.2. The molecular formula is C12H11N3O4S. The van der Waals surface area contributed by atoms with Gasteiger partial charge in [0.15, 0.2) is 0 Å². The molecule has 0 bridgehead atoms. The second kappa shape index (κ2) is 5.66. The number of rotatable bonds is 4. The van der Waals surface area contributed by atoms with Gasteiger partial charge in [-0.15, -0.1) is 11.3 Å². The van der Waals surface area contributed by atoms with Crippen molar-refractivity contribution in [1.29, 1.82) is 0 Å². The maximum absolute atomic E-state index is 11.9. The van der Waals surface area contributed by atoms with Crippen molar-refractivity contribution in [2.75, 3.05) is 5.32 Å². The zero-order valence-electron chi connectivity index (χ0n) is 10.5. The molecule has 0 aliphatic rings. The number of anilines is 1. The van der Waals surface area contributed by atoms with Gasteiger partial charge in [0.1, 0.15) is 11.4 Å². The summed E-state index contributed by atoms with van der Waals surface area (Å²) in [6, 6.07) is 1.53. The van der Waals surface area contributed by atoms with Crippen LogP contribution in [0.25, 0.3) is 0 Å². The Morgan fingerprint density at radius 3 is 2.90 bits per heavy atom. The molecule has 2 N–H and O–H groups in total. The highest BCUT2D eigenvalue weighted by Crippen LogP contribution is 2.27. The molecule has 0 radical (unpaired) electrons. The summed E-state index contributed by atoms with van der Waals surface area (Å²) >= 11 is 1.04. The number of carboxylic acids is 1. The van der Waals surface area contributed by atoms with Gasteiger partial charge in [-0.2, -0.15) is 0 Å². The summed E-state index contributed by atoms with van der Waals surface area (Å²) < 4.78 is 1.14. The van der Waals surface area contributed by atoms with Crippen molar-refractivity contribution in [3.05, 3.63) is 44.8 Å². The molecule has 2 aromatic heterocycles. The van der Waals surface area contributed by atoms with E-state index in [9.17, 15) is 14.4 Å². The van der Waals surface area contributed by atoms with E-state index in [4.69, 9.17) is 5.11 Å². The topological polar surface area (TPSA) is 101 Å². The Hall–Kier alpha value is -2.48. The van der Waals surface area contributed by atoms with Crippen molar-refractivity contribution >= 4 is 28.9 Å². The molecule has 2 rings (SSSR count). The minimum Gasteiger partial charge on any atom is -0.477 e. The van der Waals surface area contributed by atoms with Crippen LogP contribution in [-0.4, -0.2) is 26.5 Å². The predicted molar refractivity (Wildman–Crippen MR) is 73.1 cm³/mol. The fraction of sp³-hybridized carbons (Fsp3) is 0.167. The van der Waals surface area contributed by atoms with Gasteiger partial charge in [0.25, 0.3) is 0 Å². The highest BCUT2D eigenvalue weighted by Gasteiger charge is 2.17. The van der Waals surface area contributed by atoms with Gasteiger partial charge in [-0.1, -0.05) is 0 Å². The predicted octanol–water partition coefficient (Wildman–Crippen LogP) is 0.950. The van der Waals surface area contributed by atoms with Crippen LogP contribution in [0.2, 0.25) is 0 Å². The Bertz CT molecular complexity index is 719. The van der Waals surface area contributed by atoms with Crippen LogP contribution in [0.1, 0.15) is 15.2 Å². The van der Waals surface area contributed by atoms with Gasteiger partial charge in [-0.3, -0.25) is 9.36 Å². The number of thiophene rings is 1. The summed E-state index contributed by atoms with van der Waals surface area (Å²) in [5.74, 6) is -1.58. The molecule has 0 aliphatic carbocycles. The van der Waals surface area contributed by atoms with E-state index in [-0.39, 0.29) is 17.1 Å². The first-order chi connectivity index (χ1) is 9.49. The minimum atomic E-state index is -1.10. The fourth-order valence-corrected chi connectivity index (χ4v) is 2.44. The standard InChI is InChI=1S/C12H11N3O4S/c1-7-6-20-10(11(17)18)9(7)14-8(16)5-15-4-2-3-13-12(15)19/h2-4,6H,5H2,1H3,(H,14,16)(H,17,18). The molecule has 0 atom stereocenters. The third kappa shape index (κ3) is 2.91. The Morgan fingerprint density at radius 2 is 2.25 bits per heavy atom. The molecule has 0 spiro atoms. The van der Waals surface area contributed by atoms with E-state index in [1.807, 2.05) is 0 Å². The molecule has 0 unspecified atom stereocenters. The molecule has 104 valence electrons. The van der Waals surface area contributed by atoms with E-state index >= 15 is 0 Å². The zero-order valence-corrected chi connectivity index (χ0v) is 11.3. The number of hydrogen-bond donors (Lipinski definition) is 2. The summed E-state index contributed by atoms with van der Waals surface area (Å²) in [5.41, 5.74) is 0.395. The van der Waals surface area contributed by atoms with Gasteiger partial charge in [0.2, 0.25) is 5.91 Å². The molecule has 0 saturated carbocycles.